The van der Waals surface area contributed by atoms with Crippen LogP contribution in [0.15, 0.2) is 35.6 Å². The van der Waals surface area contributed by atoms with Gasteiger partial charge in [-0.3, -0.25) is 9.59 Å². The molecule has 1 heterocycles. The van der Waals surface area contributed by atoms with E-state index in [1.54, 1.807) is 23.1 Å². The number of aliphatic hydroxyl groups excluding tert-OH is 1. The monoisotopic (exact) mass is 359 g/mol. The van der Waals surface area contributed by atoms with E-state index in [9.17, 15) is 19.1 Å². The number of ketones is 1. The van der Waals surface area contributed by atoms with Crippen molar-refractivity contribution in [3.63, 3.8) is 0 Å². The number of amides is 1. The van der Waals surface area contributed by atoms with Gasteiger partial charge >= 0.3 is 0 Å². The van der Waals surface area contributed by atoms with Crippen LogP contribution in [-0.4, -0.2) is 27.7 Å². The zero-order valence-electron chi connectivity index (χ0n) is 15.4. The Hall–Kier alpha value is -2.17. The molecule has 1 N–H and O–H groups in total. The Morgan fingerprint density at radius 3 is 2.50 bits per heavy atom. The number of rotatable bonds is 5. The zero-order valence-corrected chi connectivity index (χ0v) is 15.4. The average Bonchev–Trinajstić information content (AvgIpc) is 2.87. The van der Waals surface area contributed by atoms with Gasteiger partial charge in [0.1, 0.15) is 5.82 Å². The quantitative estimate of drug-likeness (QED) is 0.844. The van der Waals surface area contributed by atoms with Gasteiger partial charge in [-0.1, -0.05) is 51.3 Å². The molecule has 1 fully saturated rings. The van der Waals surface area contributed by atoms with Crippen molar-refractivity contribution in [2.75, 3.05) is 0 Å². The molecule has 0 aromatic heterocycles. The average molecular weight is 359 g/mol. The molecule has 1 saturated carbocycles. The van der Waals surface area contributed by atoms with Crippen molar-refractivity contribution >= 4 is 11.7 Å². The second kappa shape index (κ2) is 7.60. The maximum Gasteiger partial charge on any atom is 0.290 e. The number of carbonyl (C=O) groups is 2. The van der Waals surface area contributed by atoms with Crippen LogP contribution in [-0.2, 0) is 9.59 Å². The largest absolute Gasteiger partial charge is 0.503 e. The summed E-state index contributed by atoms with van der Waals surface area (Å²) in [7, 11) is 0. The van der Waals surface area contributed by atoms with Gasteiger partial charge in [-0.05, 0) is 24.8 Å². The molecular formula is C21H26FNO3. The van der Waals surface area contributed by atoms with E-state index in [0.717, 1.165) is 32.1 Å². The molecule has 0 bridgehead atoms. The van der Waals surface area contributed by atoms with Gasteiger partial charge in [0.25, 0.3) is 5.91 Å². The third-order valence-corrected chi connectivity index (χ3v) is 5.31. The second-order valence-corrected chi connectivity index (χ2v) is 7.71. The molecule has 1 atom stereocenters. The normalized spacial score (nSPS) is 21.8. The van der Waals surface area contributed by atoms with Crippen molar-refractivity contribution < 1.29 is 19.1 Å². The van der Waals surface area contributed by atoms with Gasteiger partial charge in [0.2, 0.25) is 0 Å². The summed E-state index contributed by atoms with van der Waals surface area (Å²) in [5, 5.41) is 10.5. The van der Waals surface area contributed by atoms with Crippen LogP contribution in [0.25, 0.3) is 0 Å². The van der Waals surface area contributed by atoms with Crippen molar-refractivity contribution in [2.24, 2.45) is 5.92 Å². The number of halogens is 1. The molecule has 0 saturated heterocycles. The lowest BCUT2D eigenvalue weighted by Crippen LogP contribution is -2.41. The number of hydrogen-bond donors (Lipinski definition) is 1. The van der Waals surface area contributed by atoms with Crippen molar-refractivity contribution in [3.05, 3.63) is 47.0 Å². The van der Waals surface area contributed by atoms with Crippen LogP contribution >= 0.6 is 0 Å². The number of benzene rings is 1. The van der Waals surface area contributed by atoms with Crippen molar-refractivity contribution in [3.8, 4) is 0 Å². The minimum atomic E-state index is -0.835. The van der Waals surface area contributed by atoms with E-state index in [4.69, 9.17) is 0 Å². The van der Waals surface area contributed by atoms with E-state index >= 15 is 0 Å². The Morgan fingerprint density at radius 1 is 1.23 bits per heavy atom. The maximum absolute atomic E-state index is 14.6. The van der Waals surface area contributed by atoms with Crippen LogP contribution in [0.2, 0.25) is 0 Å². The maximum atomic E-state index is 14.6. The van der Waals surface area contributed by atoms with Crippen LogP contribution in [0.3, 0.4) is 0 Å². The van der Waals surface area contributed by atoms with Gasteiger partial charge in [-0.25, -0.2) is 4.39 Å². The van der Waals surface area contributed by atoms with E-state index < -0.39 is 23.5 Å². The van der Waals surface area contributed by atoms with Crippen molar-refractivity contribution in [1.29, 1.82) is 0 Å². The summed E-state index contributed by atoms with van der Waals surface area (Å²) >= 11 is 0. The van der Waals surface area contributed by atoms with Crippen LogP contribution in [0, 0.1) is 11.7 Å². The Kier molecular flexibility index (Phi) is 5.44. The first-order valence-corrected chi connectivity index (χ1v) is 9.45. The first-order valence-electron chi connectivity index (χ1n) is 9.45. The van der Waals surface area contributed by atoms with E-state index in [1.165, 1.54) is 6.07 Å². The molecule has 1 aromatic rings. The Balaban J connectivity index is 2.07. The lowest BCUT2D eigenvalue weighted by molar-refractivity contribution is -0.132. The minimum Gasteiger partial charge on any atom is -0.503 e. The van der Waals surface area contributed by atoms with Gasteiger partial charge in [-0.2, -0.15) is 0 Å². The van der Waals surface area contributed by atoms with E-state index in [-0.39, 0.29) is 35.3 Å². The van der Waals surface area contributed by atoms with Gasteiger partial charge in [0, 0.05) is 18.0 Å². The predicted molar refractivity (Wildman–Crippen MR) is 97.0 cm³/mol. The van der Waals surface area contributed by atoms with Crippen LogP contribution in [0.4, 0.5) is 4.39 Å². The number of nitrogens with zero attached hydrogens (tertiary/aromatic N) is 1. The van der Waals surface area contributed by atoms with E-state index in [2.05, 4.69) is 0 Å². The molecule has 5 heteroatoms. The summed E-state index contributed by atoms with van der Waals surface area (Å²) in [6.45, 7) is 3.81. The molecule has 1 unspecified atom stereocenters. The van der Waals surface area contributed by atoms with Crippen molar-refractivity contribution in [2.45, 2.75) is 64.5 Å². The molecular weight excluding hydrogens is 333 g/mol. The minimum absolute atomic E-state index is 0.0550. The zero-order chi connectivity index (χ0) is 18.8. The molecule has 4 nitrogen and oxygen atoms in total. The summed E-state index contributed by atoms with van der Waals surface area (Å²) in [6.07, 6.45) is 4.95. The highest BCUT2D eigenvalue weighted by Gasteiger charge is 2.47. The van der Waals surface area contributed by atoms with Crippen LogP contribution < -0.4 is 0 Å². The lowest BCUT2D eigenvalue weighted by Gasteiger charge is -2.36. The fourth-order valence-electron chi connectivity index (χ4n) is 4.13. The standard InChI is InChI=1S/C21H26FNO3/c1-13(2)12-17(24)18-19(15-10-6-7-11-16(15)22)23(21(26)20(18)25)14-8-4-3-5-9-14/h6-7,10-11,13-14,19,25H,3-5,8-9,12H2,1-2H3. The molecule has 0 spiro atoms. The van der Waals surface area contributed by atoms with Crippen LogP contribution in [0.1, 0.15) is 64.0 Å². The van der Waals surface area contributed by atoms with Gasteiger partial charge in [0.05, 0.1) is 11.6 Å². The molecule has 26 heavy (non-hydrogen) atoms. The molecule has 140 valence electrons. The smallest absolute Gasteiger partial charge is 0.290 e. The highest BCUT2D eigenvalue weighted by molar-refractivity contribution is 6.09. The van der Waals surface area contributed by atoms with E-state index in [1.807, 2.05) is 13.8 Å². The molecule has 1 aromatic carbocycles. The summed E-state index contributed by atoms with van der Waals surface area (Å²) in [4.78, 5) is 27.2. The molecule has 1 aliphatic heterocycles. The molecule has 0 radical (unpaired) electrons. The molecule has 2 aliphatic rings. The number of carbonyl (C=O) groups excluding carboxylic acids is 2. The summed E-state index contributed by atoms with van der Waals surface area (Å²) < 4.78 is 14.6. The Morgan fingerprint density at radius 2 is 1.88 bits per heavy atom. The number of aliphatic hydroxyl groups is 1. The number of Topliss-reactive ketones (excluding diaryl/α,β-unsaturated/α-hetero) is 1. The van der Waals surface area contributed by atoms with Gasteiger partial charge < -0.3 is 10.0 Å². The summed E-state index contributed by atoms with van der Waals surface area (Å²) in [5.41, 5.74) is 0.335. The fourth-order valence-corrected chi connectivity index (χ4v) is 4.13. The summed E-state index contributed by atoms with van der Waals surface area (Å²) in [6, 6.07) is 5.30. The SMILES string of the molecule is CC(C)CC(=O)C1=C(O)C(=O)N(C2CCCCC2)C1c1ccccc1F. The first-order chi connectivity index (χ1) is 12.4. The van der Waals surface area contributed by atoms with Gasteiger partial charge in [0.15, 0.2) is 11.5 Å². The summed E-state index contributed by atoms with van der Waals surface area (Å²) in [5.74, 6) is -1.71. The highest BCUT2D eigenvalue weighted by Crippen LogP contribution is 2.43. The Bertz CT molecular complexity index is 735. The van der Waals surface area contributed by atoms with Crippen molar-refractivity contribution in [1.82, 2.24) is 4.90 Å². The van der Waals surface area contributed by atoms with E-state index in [0.29, 0.717) is 0 Å². The number of hydrogen-bond acceptors (Lipinski definition) is 3. The fraction of sp³-hybridized carbons (Fsp3) is 0.524. The highest BCUT2D eigenvalue weighted by atomic mass is 19.1. The molecule has 3 rings (SSSR count). The first kappa shape index (κ1) is 18.6. The lowest BCUT2D eigenvalue weighted by atomic mass is 9.89. The predicted octanol–water partition coefficient (Wildman–Crippen LogP) is 4.47. The van der Waals surface area contributed by atoms with Crippen LogP contribution in [0.5, 0.6) is 0 Å². The second-order valence-electron chi connectivity index (χ2n) is 7.71. The molecule has 1 amide bonds. The third-order valence-electron chi connectivity index (χ3n) is 5.31. The third kappa shape index (κ3) is 3.39. The molecule has 1 aliphatic carbocycles. The topological polar surface area (TPSA) is 57.6 Å². The Labute approximate surface area is 153 Å². The van der Waals surface area contributed by atoms with Gasteiger partial charge in [-0.15, -0.1) is 0 Å².